The number of allylic oxidation sites excluding steroid dienone is 2. The lowest BCUT2D eigenvalue weighted by Gasteiger charge is -2.29. The average Bonchev–Trinajstić information content (AvgIpc) is 2.89. The molecule has 1 atom stereocenters. The van der Waals surface area contributed by atoms with Crippen LogP contribution in [-0.4, -0.2) is 0 Å². The van der Waals surface area contributed by atoms with Gasteiger partial charge in [0.1, 0.15) is 0 Å². The third-order valence-electron chi connectivity index (χ3n) is 8.52. The molecule has 2 aliphatic rings. The zero-order chi connectivity index (χ0) is 22.9. The maximum atomic E-state index is 2.53. The van der Waals surface area contributed by atoms with E-state index in [4.69, 9.17) is 0 Å². The summed E-state index contributed by atoms with van der Waals surface area (Å²) in [5.41, 5.74) is 7.27. The molecular weight excluding hydrogens is 396 g/mol. The van der Waals surface area contributed by atoms with Gasteiger partial charge in [-0.25, -0.2) is 0 Å². The van der Waals surface area contributed by atoms with E-state index in [1.165, 1.54) is 107 Å². The molecule has 0 aliphatic heterocycles. The van der Waals surface area contributed by atoms with Crippen LogP contribution in [0.25, 0.3) is 16.7 Å². The Morgan fingerprint density at radius 3 is 1.82 bits per heavy atom. The summed E-state index contributed by atoms with van der Waals surface area (Å²) in [6.45, 7) is 4.62. The van der Waals surface area contributed by atoms with Gasteiger partial charge in [-0.2, -0.15) is 0 Å². The first kappa shape index (κ1) is 24.3. The van der Waals surface area contributed by atoms with Crippen molar-refractivity contribution in [2.45, 2.75) is 110 Å². The summed E-state index contributed by atoms with van der Waals surface area (Å²) in [7, 11) is 0. The van der Waals surface area contributed by atoms with Crippen molar-refractivity contribution >= 4 is 5.57 Å². The van der Waals surface area contributed by atoms with E-state index in [9.17, 15) is 0 Å². The molecule has 2 aliphatic carbocycles. The minimum atomic E-state index is 0.781. The van der Waals surface area contributed by atoms with Crippen LogP contribution in [-0.2, 0) is 0 Å². The predicted octanol–water partition coefficient (Wildman–Crippen LogP) is 10.6. The molecule has 0 amide bonds. The Morgan fingerprint density at radius 2 is 1.21 bits per heavy atom. The normalized spacial score (nSPS) is 23.3. The van der Waals surface area contributed by atoms with E-state index >= 15 is 0 Å². The summed E-state index contributed by atoms with van der Waals surface area (Å²) in [5, 5.41) is 0. The lowest BCUT2D eigenvalue weighted by molar-refractivity contribution is 0.304. The molecule has 2 aromatic rings. The first-order valence-corrected chi connectivity index (χ1v) is 14.2. The van der Waals surface area contributed by atoms with Gasteiger partial charge in [0.2, 0.25) is 0 Å². The van der Waals surface area contributed by atoms with Crippen LogP contribution in [0.15, 0.2) is 54.6 Å². The van der Waals surface area contributed by atoms with Crippen LogP contribution in [0.5, 0.6) is 0 Å². The third-order valence-corrected chi connectivity index (χ3v) is 8.52. The van der Waals surface area contributed by atoms with Gasteiger partial charge in [0, 0.05) is 0 Å². The Kier molecular flexibility index (Phi) is 9.27. The molecule has 0 heterocycles. The van der Waals surface area contributed by atoms with Crippen molar-refractivity contribution in [1.29, 1.82) is 0 Å². The summed E-state index contributed by atoms with van der Waals surface area (Å²) in [6.07, 6.45) is 21.9. The minimum absolute atomic E-state index is 0.781. The van der Waals surface area contributed by atoms with Crippen LogP contribution in [0, 0.1) is 11.8 Å². The molecule has 4 rings (SSSR count). The molecule has 0 aromatic heterocycles. The Morgan fingerprint density at radius 1 is 0.606 bits per heavy atom. The van der Waals surface area contributed by atoms with Gasteiger partial charge in [-0.05, 0) is 90.5 Å². The van der Waals surface area contributed by atoms with E-state index < -0.39 is 0 Å². The molecule has 1 unspecified atom stereocenters. The zero-order valence-electron chi connectivity index (χ0n) is 21.3. The maximum absolute atomic E-state index is 2.53. The SMILES string of the molecule is CCCCCC1CC=C(c2ccc(-c3ccc(C4CCC(CCCC)CC4)cc3)cc2)CC1. The molecule has 0 heteroatoms. The second kappa shape index (κ2) is 12.6. The topological polar surface area (TPSA) is 0 Å². The first-order chi connectivity index (χ1) is 16.3. The van der Waals surface area contributed by atoms with Crippen LogP contribution in [0.1, 0.15) is 121 Å². The van der Waals surface area contributed by atoms with Crippen molar-refractivity contribution in [3.63, 3.8) is 0 Å². The standard InChI is InChI=1S/C33H46/c1-3-5-7-9-27-12-16-29(17-13-27)31-20-24-33(25-21-31)32-22-18-30(19-23-32)28-14-10-26(11-15-28)8-6-4-2/h16,18-28H,3-15,17H2,1-2H3. The van der Waals surface area contributed by atoms with Crippen molar-refractivity contribution in [3.8, 4) is 11.1 Å². The number of rotatable bonds is 10. The van der Waals surface area contributed by atoms with Crippen LogP contribution in [0.2, 0.25) is 0 Å². The fourth-order valence-corrected chi connectivity index (χ4v) is 6.20. The molecule has 0 saturated heterocycles. The van der Waals surface area contributed by atoms with E-state index in [2.05, 4.69) is 68.5 Å². The van der Waals surface area contributed by atoms with Gasteiger partial charge >= 0.3 is 0 Å². The van der Waals surface area contributed by atoms with E-state index in [0.717, 1.165) is 17.8 Å². The van der Waals surface area contributed by atoms with E-state index in [1.807, 2.05) is 0 Å². The minimum Gasteiger partial charge on any atom is -0.0804 e. The van der Waals surface area contributed by atoms with E-state index in [-0.39, 0.29) is 0 Å². The fraction of sp³-hybridized carbons (Fsp3) is 0.576. The lowest BCUT2D eigenvalue weighted by atomic mass is 9.77. The monoisotopic (exact) mass is 442 g/mol. The summed E-state index contributed by atoms with van der Waals surface area (Å²) in [6, 6.07) is 18.9. The number of hydrogen-bond acceptors (Lipinski definition) is 0. The molecule has 0 spiro atoms. The van der Waals surface area contributed by atoms with Gasteiger partial charge in [0.05, 0.1) is 0 Å². The van der Waals surface area contributed by atoms with Gasteiger partial charge < -0.3 is 0 Å². The number of benzene rings is 2. The number of unbranched alkanes of at least 4 members (excludes halogenated alkanes) is 3. The molecule has 2 aromatic carbocycles. The van der Waals surface area contributed by atoms with Gasteiger partial charge in [0.15, 0.2) is 0 Å². The van der Waals surface area contributed by atoms with Crippen LogP contribution >= 0.6 is 0 Å². The number of hydrogen-bond donors (Lipinski definition) is 0. The highest BCUT2D eigenvalue weighted by molar-refractivity contribution is 5.71. The molecular formula is C33H46. The molecule has 178 valence electrons. The van der Waals surface area contributed by atoms with Crippen molar-refractivity contribution in [1.82, 2.24) is 0 Å². The maximum Gasteiger partial charge on any atom is -0.0162 e. The van der Waals surface area contributed by atoms with Crippen molar-refractivity contribution in [3.05, 3.63) is 65.7 Å². The highest BCUT2D eigenvalue weighted by Gasteiger charge is 2.22. The van der Waals surface area contributed by atoms with Crippen LogP contribution < -0.4 is 0 Å². The Balaban J connectivity index is 1.30. The first-order valence-electron chi connectivity index (χ1n) is 14.2. The van der Waals surface area contributed by atoms with Gasteiger partial charge in [-0.3, -0.25) is 0 Å². The van der Waals surface area contributed by atoms with Crippen molar-refractivity contribution in [2.75, 3.05) is 0 Å². The summed E-state index contributed by atoms with van der Waals surface area (Å²) < 4.78 is 0. The largest absolute Gasteiger partial charge is 0.0804 e. The van der Waals surface area contributed by atoms with Gasteiger partial charge in [-0.1, -0.05) is 113 Å². The Labute approximate surface area is 203 Å². The van der Waals surface area contributed by atoms with Crippen LogP contribution in [0.4, 0.5) is 0 Å². The highest BCUT2D eigenvalue weighted by atomic mass is 14.3. The highest BCUT2D eigenvalue weighted by Crippen LogP contribution is 2.38. The molecule has 0 bridgehead atoms. The van der Waals surface area contributed by atoms with Crippen molar-refractivity contribution < 1.29 is 0 Å². The molecule has 33 heavy (non-hydrogen) atoms. The summed E-state index contributed by atoms with van der Waals surface area (Å²) >= 11 is 0. The summed E-state index contributed by atoms with van der Waals surface area (Å²) in [4.78, 5) is 0. The van der Waals surface area contributed by atoms with Crippen molar-refractivity contribution in [2.24, 2.45) is 11.8 Å². The predicted molar refractivity (Wildman–Crippen MR) is 146 cm³/mol. The molecule has 1 saturated carbocycles. The smallest absolute Gasteiger partial charge is 0.0162 e. The van der Waals surface area contributed by atoms with E-state index in [0.29, 0.717) is 0 Å². The van der Waals surface area contributed by atoms with Crippen LogP contribution in [0.3, 0.4) is 0 Å². The third kappa shape index (κ3) is 6.84. The fourth-order valence-electron chi connectivity index (χ4n) is 6.20. The molecule has 1 fully saturated rings. The lowest BCUT2D eigenvalue weighted by Crippen LogP contribution is -2.13. The quantitative estimate of drug-likeness (QED) is 0.321. The molecule has 0 radical (unpaired) electrons. The Bertz CT molecular complexity index is 846. The Hall–Kier alpha value is -1.82. The molecule has 0 N–H and O–H groups in total. The average molecular weight is 443 g/mol. The van der Waals surface area contributed by atoms with Gasteiger partial charge in [0.25, 0.3) is 0 Å². The summed E-state index contributed by atoms with van der Waals surface area (Å²) in [5.74, 6) is 2.69. The second-order valence-electron chi connectivity index (χ2n) is 10.9. The zero-order valence-corrected chi connectivity index (χ0v) is 21.3. The van der Waals surface area contributed by atoms with E-state index in [1.54, 1.807) is 11.1 Å². The second-order valence-corrected chi connectivity index (χ2v) is 10.9. The molecule has 0 nitrogen and oxygen atoms in total. The van der Waals surface area contributed by atoms with Gasteiger partial charge in [-0.15, -0.1) is 0 Å².